The molecule has 0 N–H and O–H groups in total. The lowest BCUT2D eigenvalue weighted by molar-refractivity contribution is 0.242. The van der Waals surface area contributed by atoms with Crippen molar-refractivity contribution >= 4 is 18.4 Å². The molecule has 0 heterocycles. The van der Waals surface area contributed by atoms with Crippen LogP contribution in [0.3, 0.4) is 0 Å². The predicted octanol–water partition coefficient (Wildman–Crippen LogP) is 5.25. The van der Waals surface area contributed by atoms with Gasteiger partial charge in [-0.15, -0.1) is 0 Å². The highest BCUT2D eigenvalue weighted by Crippen LogP contribution is 2.42. The van der Waals surface area contributed by atoms with Crippen LogP contribution in [0.5, 0.6) is 5.75 Å². The van der Waals surface area contributed by atoms with Crippen LogP contribution in [0.1, 0.15) is 48.5 Å². The molecule has 0 aliphatic heterocycles. The van der Waals surface area contributed by atoms with Gasteiger partial charge in [-0.2, -0.15) is 0 Å². The van der Waals surface area contributed by atoms with E-state index in [1.165, 1.54) is 10.4 Å². The molecule has 2 aromatic rings. The molecule has 0 aliphatic carbocycles. The van der Waals surface area contributed by atoms with Gasteiger partial charge in [-0.1, -0.05) is 87.5 Å². The summed E-state index contributed by atoms with van der Waals surface area (Å²) in [5, 5.41) is 3.24. The van der Waals surface area contributed by atoms with E-state index in [9.17, 15) is 0 Å². The fourth-order valence-corrected chi connectivity index (χ4v) is 10.9. The summed E-state index contributed by atoms with van der Waals surface area (Å²) in [5.41, 5.74) is 0.608. The van der Waals surface area contributed by atoms with Gasteiger partial charge in [-0.05, 0) is 36.6 Å². The first kappa shape index (κ1) is 18.8. The maximum absolute atomic E-state index is 5.85. The third-order valence-electron chi connectivity index (χ3n) is 4.96. The normalized spacial score (nSPS) is 14.7. The molecule has 0 saturated heterocycles. The van der Waals surface area contributed by atoms with Crippen LogP contribution in [-0.2, 0) is 0 Å². The molecule has 24 heavy (non-hydrogen) atoms. The van der Waals surface area contributed by atoms with Gasteiger partial charge in [0.15, 0.2) is 0 Å². The maximum Gasteiger partial charge on any atom is 0.125 e. The average Bonchev–Trinajstić information content (AvgIpc) is 2.48. The van der Waals surface area contributed by atoms with Crippen LogP contribution >= 0.6 is 0 Å². The minimum atomic E-state index is -1.95. The molecule has 2 aromatic carbocycles. The van der Waals surface area contributed by atoms with E-state index < -0.39 is 8.07 Å². The van der Waals surface area contributed by atoms with Crippen molar-refractivity contribution < 1.29 is 4.74 Å². The molecule has 0 saturated carbocycles. The zero-order chi connectivity index (χ0) is 18.0. The maximum atomic E-state index is 5.85. The summed E-state index contributed by atoms with van der Waals surface area (Å²) >= 11 is 0. The lowest BCUT2D eigenvalue weighted by Crippen LogP contribution is -2.66. The van der Waals surface area contributed by atoms with Crippen LogP contribution < -0.4 is 15.1 Å². The van der Waals surface area contributed by atoms with Crippen LogP contribution in [0.2, 0.25) is 10.6 Å². The SMILES string of the molecule is CC(C)Oc1ccc([Si](c2ccccc2)(C(C)C)C(C)(C)C)cc1. The van der Waals surface area contributed by atoms with E-state index in [0.717, 1.165) is 5.75 Å². The van der Waals surface area contributed by atoms with Crippen LogP contribution in [0, 0.1) is 0 Å². The molecule has 2 rings (SSSR count). The molecule has 0 fully saturated rings. The Morgan fingerprint density at radius 3 is 1.67 bits per heavy atom. The molecule has 0 bridgehead atoms. The van der Waals surface area contributed by atoms with Crippen molar-refractivity contribution in [3.05, 3.63) is 54.6 Å². The molecular formula is C22H32OSi. The standard InChI is InChI=1S/C22H32OSi/c1-17(2)23-19-13-15-21(16-14-19)24(18(3)4,22(5,6)7)20-11-9-8-10-12-20/h8-18H,1-7H3. The van der Waals surface area contributed by atoms with Crippen molar-refractivity contribution in [1.82, 2.24) is 0 Å². The molecule has 0 spiro atoms. The predicted molar refractivity (Wildman–Crippen MR) is 108 cm³/mol. The average molecular weight is 341 g/mol. The summed E-state index contributed by atoms with van der Waals surface area (Å²) in [4.78, 5) is 0. The summed E-state index contributed by atoms with van der Waals surface area (Å²) < 4.78 is 5.85. The lowest BCUT2D eigenvalue weighted by atomic mass is 10.2. The molecule has 0 amide bonds. The Hall–Kier alpha value is -1.54. The van der Waals surface area contributed by atoms with Crippen LogP contribution in [0.4, 0.5) is 0 Å². The fourth-order valence-electron chi connectivity index (χ4n) is 4.33. The van der Waals surface area contributed by atoms with Gasteiger partial charge >= 0.3 is 0 Å². The number of hydrogen-bond acceptors (Lipinski definition) is 1. The third kappa shape index (κ3) is 3.44. The zero-order valence-electron chi connectivity index (χ0n) is 16.3. The second-order valence-electron chi connectivity index (χ2n) is 8.27. The topological polar surface area (TPSA) is 9.23 Å². The first-order chi connectivity index (χ1) is 11.2. The van der Waals surface area contributed by atoms with E-state index in [1.54, 1.807) is 0 Å². The van der Waals surface area contributed by atoms with Gasteiger partial charge in [0, 0.05) is 0 Å². The molecule has 130 valence electrons. The van der Waals surface area contributed by atoms with Crippen LogP contribution in [0.15, 0.2) is 54.6 Å². The monoisotopic (exact) mass is 340 g/mol. The van der Waals surface area contributed by atoms with Gasteiger partial charge in [0.2, 0.25) is 0 Å². The Morgan fingerprint density at radius 2 is 1.25 bits per heavy atom. The van der Waals surface area contributed by atoms with E-state index in [4.69, 9.17) is 4.74 Å². The molecule has 1 atom stereocenters. The Balaban J connectivity index is 2.62. The molecule has 1 nitrogen and oxygen atoms in total. The van der Waals surface area contributed by atoms with E-state index in [1.807, 2.05) is 0 Å². The second kappa shape index (κ2) is 7.14. The minimum absolute atomic E-state index is 0.208. The van der Waals surface area contributed by atoms with Crippen molar-refractivity contribution in [1.29, 1.82) is 0 Å². The van der Waals surface area contributed by atoms with E-state index in [0.29, 0.717) is 5.54 Å². The number of benzene rings is 2. The van der Waals surface area contributed by atoms with Crippen molar-refractivity contribution in [3.8, 4) is 5.75 Å². The Morgan fingerprint density at radius 1 is 0.750 bits per heavy atom. The first-order valence-corrected chi connectivity index (χ1v) is 11.1. The van der Waals surface area contributed by atoms with Gasteiger partial charge in [0.05, 0.1) is 6.10 Å². The van der Waals surface area contributed by atoms with E-state index in [2.05, 4.69) is 103 Å². The van der Waals surface area contributed by atoms with Gasteiger partial charge in [0.1, 0.15) is 13.8 Å². The van der Waals surface area contributed by atoms with Gasteiger partial charge < -0.3 is 4.74 Å². The largest absolute Gasteiger partial charge is 0.491 e. The molecular weight excluding hydrogens is 308 g/mol. The quantitative estimate of drug-likeness (QED) is 0.676. The molecule has 2 heteroatoms. The van der Waals surface area contributed by atoms with Gasteiger partial charge in [0.25, 0.3) is 0 Å². The number of rotatable bonds is 5. The van der Waals surface area contributed by atoms with Crippen molar-refractivity contribution in [3.63, 3.8) is 0 Å². The minimum Gasteiger partial charge on any atom is -0.491 e. The summed E-state index contributed by atoms with van der Waals surface area (Å²) in [6.45, 7) is 16.1. The summed E-state index contributed by atoms with van der Waals surface area (Å²) in [6.07, 6.45) is 0.208. The van der Waals surface area contributed by atoms with Gasteiger partial charge in [-0.25, -0.2) is 0 Å². The third-order valence-corrected chi connectivity index (χ3v) is 11.5. The molecule has 1 unspecified atom stereocenters. The Bertz CT molecular complexity index is 638. The van der Waals surface area contributed by atoms with E-state index >= 15 is 0 Å². The van der Waals surface area contributed by atoms with E-state index in [-0.39, 0.29) is 11.1 Å². The molecule has 0 radical (unpaired) electrons. The Labute approximate surface area is 149 Å². The van der Waals surface area contributed by atoms with Crippen molar-refractivity contribution in [2.75, 3.05) is 0 Å². The molecule has 0 aromatic heterocycles. The lowest BCUT2D eigenvalue weighted by Gasteiger charge is -2.47. The highest BCUT2D eigenvalue weighted by atomic mass is 28.3. The highest BCUT2D eigenvalue weighted by molar-refractivity contribution is 7.05. The second-order valence-corrected chi connectivity index (χ2v) is 13.7. The number of hydrogen-bond donors (Lipinski definition) is 0. The summed E-state index contributed by atoms with van der Waals surface area (Å²) in [7, 11) is -1.95. The van der Waals surface area contributed by atoms with Crippen molar-refractivity contribution in [2.24, 2.45) is 0 Å². The fraction of sp³-hybridized carbons (Fsp3) is 0.455. The smallest absolute Gasteiger partial charge is 0.125 e. The number of ether oxygens (including phenoxy) is 1. The molecule has 0 aliphatic rings. The zero-order valence-corrected chi connectivity index (χ0v) is 17.3. The van der Waals surface area contributed by atoms with Crippen LogP contribution in [-0.4, -0.2) is 14.2 Å². The Kier molecular flexibility index (Phi) is 5.59. The van der Waals surface area contributed by atoms with Crippen molar-refractivity contribution in [2.45, 2.75) is 65.1 Å². The van der Waals surface area contributed by atoms with Crippen LogP contribution in [0.25, 0.3) is 0 Å². The highest BCUT2D eigenvalue weighted by Gasteiger charge is 2.49. The summed E-state index contributed by atoms with van der Waals surface area (Å²) in [5.74, 6) is 0.961. The van der Waals surface area contributed by atoms with Gasteiger partial charge in [-0.3, -0.25) is 0 Å². The summed E-state index contributed by atoms with van der Waals surface area (Å²) in [6, 6.07) is 20.0. The first-order valence-electron chi connectivity index (χ1n) is 9.02.